The number of nitrogens with one attached hydrogen (secondary N) is 1. The zero-order valence-corrected chi connectivity index (χ0v) is 12.7. The largest absolute Gasteiger partial charge is 0.492 e. The molecule has 1 aliphatic heterocycles. The highest BCUT2D eigenvalue weighted by Gasteiger charge is 2.34. The second-order valence-electron chi connectivity index (χ2n) is 6.02. The molecule has 4 nitrogen and oxygen atoms in total. The molecule has 1 aromatic rings. The Morgan fingerprint density at radius 3 is 2.95 bits per heavy atom. The summed E-state index contributed by atoms with van der Waals surface area (Å²) in [5.74, 6) is 0.563. The van der Waals surface area contributed by atoms with Crippen LogP contribution < -0.4 is 10.1 Å². The maximum atomic E-state index is 12.2. The van der Waals surface area contributed by atoms with Crippen molar-refractivity contribution in [1.29, 1.82) is 0 Å². The van der Waals surface area contributed by atoms with E-state index >= 15 is 0 Å². The zero-order valence-electron chi connectivity index (χ0n) is 11.9. The molecule has 1 aliphatic carbocycles. The molecule has 0 aromatic heterocycles. The Morgan fingerprint density at radius 2 is 2.19 bits per heavy atom. The fourth-order valence-corrected chi connectivity index (χ4v) is 3.53. The number of amides is 1. The minimum atomic E-state index is -0.813. The summed E-state index contributed by atoms with van der Waals surface area (Å²) < 4.78 is 5.59. The van der Waals surface area contributed by atoms with E-state index in [1.807, 2.05) is 12.1 Å². The molecule has 1 unspecified atom stereocenters. The summed E-state index contributed by atoms with van der Waals surface area (Å²) in [6.07, 6.45) is 4.34. The number of aliphatic hydroxyl groups is 1. The van der Waals surface area contributed by atoms with Crippen molar-refractivity contribution in [3.05, 3.63) is 28.8 Å². The molecular formula is C16H20ClNO3. The molecule has 3 rings (SSSR count). The lowest BCUT2D eigenvalue weighted by Crippen LogP contribution is -2.38. The third-order valence-corrected chi connectivity index (χ3v) is 4.68. The van der Waals surface area contributed by atoms with Gasteiger partial charge < -0.3 is 15.2 Å². The molecule has 1 fully saturated rings. The standard InChI is InChI=1S/C16H20ClNO3/c17-12-5-3-4-11-13(6-9-21-15(11)12)18-14(19)10-16(20)7-1-2-8-16/h3-5,13,20H,1-2,6-10H2,(H,18,19). The van der Waals surface area contributed by atoms with Crippen LogP contribution in [0.15, 0.2) is 18.2 Å². The van der Waals surface area contributed by atoms with Gasteiger partial charge in [-0.2, -0.15) is 0 Å². The van der Waals surface area contributed by atoms with Gasteiger partial charge in [-0.25, -0.2) is 0 Å². The normalized spacial score (nSPS) is 23.2. The molecular weight excluding hydrogens is 290 g/mol. The van der Waals surface area contributed by atoms with E-state index in [-0.39, 0.29) is 18.4 Å². The molecule has 0 radical (unpaired) electrons. The van der Waals surface area contributed by atoms with E-state index in [2.05, 4.69) is 5.32 Å². The van der Waals surface area contributed by atoms with Crippen LogP contribution in [0.25, 0.3) is 0 Å². The minimum Gasteiger partial charge on any atom is -0.492 e. The number of hydrogen-bond acceptors (Lipinski definition) is 3. The third kappa shape index (κ3) is 3.16. The van der Waals surface area contributed by atoms with Gasteiger partial charge in [-0.1, -0.05) is 36.6 Å². The number of ether oxygens (including phenoxy) is 1. The summed E-state index contributed by atoms with van der Waals surface area (Å²) in [5.41, 5.74) is 0.104. The maximum Gasteiger partial charge on any atom is 0.223 e. The minimum absolute atomic E-state index is 0.0926. The van der Waals surface area contributed by atoms with Gasteiger partial charge in [-0.3, -0.25) is 4.79 Å². The van der Waals surface area contributed by atoms with Crippen LogP contribution in [-0.4, -0.2) is 23.2 Å². The van der Waals surface area contributed by atoms with Gasteiger partial charge in [0.2, 0.25) is 5.91 Å². The highest BCUT2D eigenvalue weighted by molar-refractivity contribution is 6.32. The van der Waals surface area contributed by atoms with Crippen molar-refractivity contribution in [3.8, 4) is 5.75 Å². The fourth-order valence-electron chi connectivity index (χ4n) is 3.29. The van der Waals surface area contributed by atoms with Gasteiger partial charge in [0, 0.05) is 12.0 Å². The molecule has 2 aliphatic rings. The van der Waals surface area contributed by atoms with Gasteiger partial charge in [0.05, 0.1) is 29.7 Å². The van der Waals surface area contributed by atoms with E-state index in [1.54, 1.807) is 6.07 Å². The molecule has 2 N–H and O–H groups in total. The molecule has 1 aromatic carbocycles. The summed E-state index contributed by atoms with van der Waals surface area (Å²) >= 11 is 6.13. The van der Waals surface area contributed by atoms with E-state index < -0.39 is 5.60 Å². The molecule has 0 saturated heterocycles. The first kappa shape index (κ1) is 14.7. The molecule has 21 heavy (non-hydrogen) atoms. The summed E-state index contributed by atoms with van der Waals surface area (Å²) in [7, 11) is 0. The predicted molar refractivity (Wildman–Crippen MR) is 80.5 cm³/mol. The number of benzene rings is 1. The van der Waals surface area contributed by atoms with Gasteiger partial charge >= 0.3 is 0 Å². The average molecular weight is 310 g/mol. The molecule has 5 heteroatoms. The van der Waals surface area contributed by atoms with Gasteiger partial charge in [0.1, 0.15) is 5.75 Å². The van der Waals surface area contributed by atoms with Gasteiger partial charge in [0.25, 0.3) is 0 Å². The van der Waals surface area contributed by atoms with Crippen molar-refractivity contribution < 1.29 is 14.6 Å². The first-order chi connectivity index (χ1) is 10.1. The van der Waals surface area contributed by atoms with Crippen LogP contribution in [0.5, 0.6) is 5.75 Å². The van der Waals surface area contributed by atoms with Crippen LogP contribution in [0.3, 0.4) is 0 Å². The van der Waals surface area contributed by atoms with Crippen molar-refractivity contribution >= 4 is 17.5 Å². The number of halogens is 1. The van der Waals surface area contributed by atoms with Crippen molar-refractivity contribution in [2.45, 2.75) is 50.2 Å². The SMILES string of the molecule is O=C(CC1(O)CCCC1)NC1CCOc2c(Cl)cccc21. The van der Waals surface area contributed by atoms with E-state index in [0.717, 1.165) is 37.7 Å². The van der Waals surface area contributed by atoms with Crippen LogP contribution in [0.2, 0.25) is 5.02 Å². The van der Waals surface area contributed by atoms with Crippen LogP contribution in [0, 0.1) is 0 Å². The van der Waals surface area contributed by atoms with Crippen LogP contribution >= 0.6 is 11.6 Å². The van der Waals surface area contributed by atoms with Crippen molar-refractivity contribution in [2.75, 3.05) is 6.61 Å². The van der Waals surface area contributed by atoms with Gasteiger partial charge in [0.15, 0.2) is 0 Å². The molecule has 1 atom stereocenters. The van der Waals surface area contributed by atoms with Crippen LogP contribution in [0.4, 0.5) is 0 Å². The first-order valence-corrected chi connectivity index (χ1v) is 7.88. The predicted octanol–water partition coefficient (Wildman–Crippen LogP) is 2.98. The Bertz CT molecular complexity index is 540. The van der Waals surface area contributed by atoms with Crippen molar-refractivity contribution in [3.63, 3.8) is 0 Å². The molecule has 0 bridgehead atoms. The number of fused-ring (bicyclic) bond motifs is 1. The van der Waals surface area contributed by atoms with Gasteiger partial charge in [-0.15, -0.1) is 0 Å². The third-order valence-electron chi connectivity index (χ3n) is 4.38. The molecule has 1 saturated carbocycles. The van der Waals surface area contributed by atoms with E-state index in [0.29, 0.717) is 17.4 Å². The fraction of sp³-hybridized carbons (Fsp3) is 0.562. The highest BCUT2D eigenvalue weighted by Crippen LogP contribution is 2.38. The van der Waals surface area contributed by atoms with Crippen molar-refractivity contribution in [2.24, 2.45) is 0 Å². The summed E-state index contributed by atoms with van der Waals surface area (Å²) in [6, 6.07) is 5.48. The van der Waals surface area contributed by atoms with Crippen LogP contribution in [0.1, 0.15) is 50.1 Å². The topological polar surface area (TPSA) is 58.6 Å². The summed E-state index contributed by atoms with van der Waals surface area (Å²) in [4.78, 5) is 12.2. The van der Waals surface area contributed by atoms with E-state index in [9.17, 15) is 9.90 Å². The first-order valence-electron chi connectivity index (χ1n) is 7.50. The number of rotatable bonds is 3. The van der Waals surface area contributed by atoms with Gasteiger partial charge in [-0.05, 0) is 18.9 Å². The second kappa shape index (κ2) is 5.85. The Kier molecular flexibility index (Phi) is 4.09. The molecule has 1 heterocycles. The Balaban J connectivity index is 1.69. The highest BCUT2D eigenvalue weighted by atomic mass is 35.5. The second-order valence-corrected chi connectivity index (χ2v) is 6.43. The number of hydrogen-bond donors (Lipinski definition) is 2. The molecule has 114 valence electrons. The smallest absolute Gasteiger partial charge is 0.223 e. The lowest BCUT2D eigenvalue weighted by Gasteiger charge is -2.29. The molecule has 0 spiro atoms. The Morgan fingerprint density at radius 1 is 1.43 bits per heavy atom. The lowest BCUT2D eigenvalue weighted by molar-refractivity contribution is -0.126. The Hall–Kier alpha value is -1.26. The number of para-hydroxylation sites is 1. The summed E-state index contributed by atoms with van der Waals surface area (Å²) in [5, 5.41) is 13.9. The number of carbonyl (C=O) groups is 1. The molecule has 1 amide bonds. The quantitative estimate of drug-likeness (QED) is 0.902. The van der Waals surface area contributed by atoms with E-state index in [4.69, 9.17) is 16.3 Å². The average Bonchev–Trinajstić information content (AvgIpc) is 2.86. The lowest BCUT2D eigenvalue weighted by atomic mass is 9.96. The Labute approximate surface area is 129 Å². The van der Waals surface area contributed by atoms with E-state index in [1.165, 1.54) is 0 Å². The maximum absolute atomic E-state index is 12.2. The zero-order chi connectivity index (χ0) is 14.9. The number of carbonyl (C=O) groups excluding carboxylic acids is 1. The van der Waals surface area contributed by atoms with Crippen molar-refractivity contribution in [1.82, 2.24) is 5.32 Å². The monoisotopic (exact) mass is 309 g/mol. The summed E-state index contributed by atoms with van der Waals surface area (Å²) in [6.45, 7) is 0.534. The van der Waals surface area contributed by atoms with Crippen LogP contribution in [-0.2, 0) is 4.79 Å².